The molecule has 2 rings (SSSR count). The smallest absolute Gasteiger partial charge is 0.0902 e. The second-order valence-electron chi connectivity index (χ2n) is 5.23. The van der Waals surface area contributed by atoms with Gasteiger partial charge in [-0.05, 0) is 25.6 Å². The van der Waals surface area contributed by atoms with Crippen LogP contribution in [0.1, 0.15) is 12.5 Å². The molecule has 1 aromatic rings. The van der Waals surface area contributed by atoms with Gasteiger partial charge in [0, 0.05) is 30.7 Å². The van der Waals surface area contributed by atoms with Crippen LogP contribution in [0.4, 0.5) is 0 Å². The average Bonchev–Trinajstić information content (AvgIpc) is 2.30. The minimum Gasteiger partial charge on any atom is -0.371 e. The number of benzene rings is 1. The van der Waals surface area contributed by atoms with E-state index in [9.17, 15) is 0 Å². The van der Waals surface area contributed by atoms with Crippen molar-refractivity contribution in [1.29, 1.82) is 0 Å². The predicted molar refractivity (Wildman–Crippen MR) is 77.7 cm³/mol. The lowest BCUT2D eigenvalue weighted by atomic mass is 10.0. The molecule has 0 aliphatic carbocycles. The second kappa shape index (κ2) is 6.15. The van der Waals surface area contributed by atoms with Crippen LogP contribution in [0.15, 0.2) is 28.7 Å². The number of likely N-dealkylation sites (N-methyl/N-ethyl adjacent to an activating group) is 1. The van der Waals surface area contributed by atoms with E-state index in [4.69, 9.17) is 4.74 Å². The maximum absolute atomic E-state index is 5.89. The first-order valence-electron chi connectivity index (χ1n) is 6.36. The van der Waals surface area contributed by atoms with Gasteiger partial charge in [-0.25, -0.2) is 0 Å². The summed E-state index contributed by atoms with van der Waals surface area (Å²) in [6, 6.07) is 8.35. The summed E-state index contributed by atoms with van der Waals surface area (Å²) in [7, 11) is 2.13. The Balaban J connectivity index is 1.72. The van der Waals surface area contributed by atoms with E-state index in [1.165, 1.54) is 10.0 Å². The van der Waals surface area contributed by atoms with E-state index in [1.54, 1.807) is 0 Å². The molecule has 100 valence electrons. The summed E-state index contributed by atoms with van der Waals surface area (Å²) >= 11 is 3.58. The molecular weight excluding hydrogens is 292 g/mol. The fourth-order valence-corrected chi connectivity index (χ4v) is 2.43. The lowest BCUT2D eigenvalue weighted by Gasteiger charge is -2.39. The lowest BCUT2D eigenvalue weighted by Crippen LogP contribution is -2.59. The largest absolute Gasteiger partial charge is 0.371 e. The molecule has 0 amide bonds. The number of rotatable bonds is 6. The van der Waals surface area contributed by atoms with Crippen LogP contribution in [-0.2, 0) is 11.3 Å². The molecule has 1 heterocycles. The molecule has 1 fully saturated rings. The topological polar surface area (TPSA) is 24.5 Å². The Morgan fingerprint density at radius 1 is 1.39 bits per heavy atom. The third-order valence-electron chi connectivity index (χ3n) is 3.32. The Bertz CT molecular complexity index is 393. The Labute approximate surface area is 118 Å². The van der Waals surface area contributed by atoms with Crippen molar-refractivity contribution in [3.05, 3.63) is 34.3 Å². The quantitative estimate of drug-likeness (QED) is 0.872. The van der Waals surface area contributed by atoms with Crippen molar-refractivity contribution < 1.29 is 4.74 Å². The summed E-state index contributed by atoms with van der Waals surface area (Å²) in [6.07, 6.45) is 0. The highest BCUT2D eigenvalue weighted by atomic mass is 79.9. The molecule has 1 N–H and O–H groups in total. The molecule has 1 aromatic carbocycles. The molecule has 1 saturated heterocycles. The maximum atomic E-state index is 5.89. The fraction of sp³-hybridized carbons (Fsp3) is 0.571. The van der Waals surface area contributed by atoms with E-state index in [0.717, 1.165) is 32.8 Å². The van der Waals surface area contributed by atoms with Gasteiger partial charge in [-0.1, -0.05) is 34.1 Å². The van der Waals surface area contributed by atoms with E-state index in [1.807, 2.05) is 6.07 Å². The monoisotopic (exact) mass is 312 g/mol. The molecule has 4 heteroatoms. The van der Waals surface area contributed by atoms with E-state index < -0.39 is 0 Å². The highest BCUT2D eigenvalue weighted by molar-refractivity contribution is 9.10. The molecule has 0 atom stereocenters. The maximum Gasteiger partial charge on any atom is 0.0902 e. The first-order valence-corrected chi connectivity index (χ1v) is 7.15. The Hall–Kier alpha value is -0.420. The van der Waals surface area contributed by atoms with Crippen LogP contribution in [0.5, 0.6) is 0 Å². The van der Waals surface area contributed by atoms with Crippen LogP contribution in [0.2, 0.25) is 0 Å². The molecule has 0 spiro atoms. The lowest BCUT2D eigenvalue weighted by molar-refractivity contribution is -0.0712. The van der Waals surface area contributed by atoms with Gasteiger partial charge in [-0.3, -0.25) is 4.90 Å². The van der Waals surface area contributed by atoms with Gasteiger partial charge in [0.25, 0.3) is 0 Å². The van der Waals surface area contributed by atoms with Gasteiger partial charge >= 0.3 is 0 Å². The van der Waals surface area contributed by atoms with E-state index in [-0.39, 0.29) is 5.60 Å². The normalized spacial score (nSPS) is 17.8. The molecule has 1 aliphatic heterocycles. The van der Waals surface area contributed by atoms with Crippen molar-refractivity contribution in [3.63, 3.8) is 0 Å². The fourth-order valence-electron chi connectivity index (χ4n) is 2.02. The van der Waals surface area contributed by atoms with Gasteiger partial charge < -0.3 is 10.1 Å². The zero-order chi connectivity index (χ0) is 13.0. The third kappa shape index (κ3) is 3.79. The van der Waals surface area contributed by atoms with Crippen molar-refractivity contribution in [3.8, 4) is 0 Å². The molecule has 1 aliphatic rings. The Kier molecular flexibility index (Phi) is 4.78. The van der Waals surface area contributed by atoms with Crippen LogP contribution < -0.4 is 5.32 Å². The molecule has 0 bridgehead atoms. The third-order valence-corrected chi connectivity index (χ3v) is 4.09. The van der Waals surface area contributed by atoms with Gasteiger partial charge in [0.1, 0.15) is 0 Å². The number of hydrogen-bond donors (Lipinski definition) is 1. The van der Waals surface area contributed by atoms with Gasteiger partial charge in [-0.15, -0.1) is 0 Å². The van der Waals surface area contributed by atoms with Gasteiger partial charge in [0.15, 0.2) is 0 Å². The van der Waals surface area contributed by atoms with Gasteiger partial charge in [0.05, 0.1) is 12.2 Å². The number of halogens is 1. The predicted octanol–water partition coefficient (Wildman–Crippen LogP) is 2.26. The van der Waals surface area contributed by atoms with Crippen molar-refractivity contribution in [1.82, 2.24) is 10.2 Å². The molecule has 0 unspecified atom stereocenters. The number of nitrogens with one attached hydrogen (secondary N) is 1. The van der Waals surface area contributed by atoms with Crippen molar-refractivity contribution >= 4 is 15.9 Å². The minimum absolute atomic E-state index is 0.0637. The van der Waals surface area contributed by atoms with Crippen LogP contribution in [0, 0.1) is 0 Å². The summed E-state index contributed by atoms with van der Waals surface area (Å²) in [5.74, 6) is 0. The highest BCUT2D eigenvalue weighted by Gasteiger charge is 2.32. The Morgan fingerprint density at radius 3 is 2.72 bits per heavy atom. The zero-order valence-electron chi connectivity index (χ0n) is 11.1. The Morgan fingerprint density at radius 2 is 2.11 bits per heavy atom. The van der Waals surface area contributed by atoms with Crippen molar-refractivity contribution in [2.24, 2.45) is 0 Å². The molecule has 3 nitrogen and oxygen atoms in total. The van der Waals surface area contributed by atoms with Crippen LogP contribution in [0.25, 0.3) is 0 Å². The zero-order valence-corrected chi connectivity index (χ0v) is 12.7. The molecular formula is C14H21BrN2O. The summed E-state index contributed by atoms with van der Waals surface area (Å²) in [5.41, 5.74) is 1.38. The summed E-state index contributed by atoms with van der Waals surface area (Å²) < 4.78 is 7.06. The number of hydrogen-bond acceptors (Lipinski definition) is 3. The molecule has 0 radical (unpaired) electrons. The minimum atomic E-state index is 0.0637. The van der Waals surface area contributed by atoms with Crippen LogP contribution >= 0.6 is 15.9 Å². The summed E-state index contributed by atoms with van der Waals surface area (Å²) in [4.78, 5) is 2.29. The van der Waals surface area contributed by atoms with Crippen molar-refractivity contribution in [2.45, 2.75) is 19.1 Å². The average molecular weight is 313 g/mol. The molecule has 0 saturated carbocycles. The number of nitrogens with zero attached hydrogens (tertiary/aromatic N) is 1. The SMILES string of the molecule is CN(CCOC1(C)CNC1)Cc1ccccc1Br. The standard InChI is InChI=1S/C14H21BrN2O/c1-14(10-16-11-14)18-8-7-17(2)9-12-5-3-4-6-13(12)15/h3-6,16H,7-11H2,1-2H3. The second-order valence-corrected chi connectivity index (χ2v) is 6.09. The number of ether oxygens (including phenoxy) is 1. The van der Waals surface area contributed by atoms with Crippen molar-refractivity contribution in [2.75, 3.05) is 33.3 Å². The van der Waals surface area contributed by atoms with Crippen LogP contribution in [-0.4, -0.2) is 43.8 Å². The first kappa shape index (κ1) is 14.0. The van der Waals surface area contributed by atoms with Gasteiger partial charge in [-0.2, -0.15) is 0 Å². The molecule has 0 aromatic heterocycles. The van der Waals surface area contributed by atoms with E-state index in [0.29, 0.717) is 0 Å². The highest BCUT2D eigenvalue weighted by Crippen LogP contribution is 2.18. The summed E-state index contributed by atoms with van der Waals surface area (Å²) in [6.45, 7) is 6.80. The van der Waals surface area contributed by atoms with Crippen LogP contribution in [0.3, 0.4) is 0 Å². The van der Waals surface area contributed by atoms with Gasteiger partial charge in [0.2, 0.25) is 0 Å². The first-order chi connectivity index (χ1) is 8.59. The molecule has 18 heavy (non-hydrogen) atoms. The summed E-state index contributed by atoms with van der Waals surface area (Å²) in [5, 5.41) is 3.24. The van der Waals surface area contributed by atoms with E-state index in [2.05, 4.69) is 58.3 Å². The van der Waals surface area contributed by atoms with E-state index >= 15 is 0 Å².